The fourth-order valence-corrected chi connectivity index (χ4v) is 5.95. The Labute approximate surface area is 215 Å². The van der Waals surface area contributed by atoms with Gasteiger partial charge in [0.15, 0.2) is 5.82 Å². The molecule has 1 spiro atoms. The van der Waals surface area contributed by atoms with Crippen LogP contribution in [0.5, 0.6) is 5.75 Å². The Kier molecular flexibility index (Phi) is 6.35. The monoisotopic (exact) mass is 513 g/mol. The van der Waals surface area contributed by atoms with Crippen molar-refractivity contribution >= 4 is 28.8 Å². The molecule has 0 unspecified atom stereocenters. The van der Waals surface area contributed by atoms with Gasteiger partial charge in [0.1, 0.15) is 28.5 Å². The van der Waals surface area contributed by atoms with Crippen LogP contribution in [0.25, 0.3) is 5.52 Å². The lowest BCUT2D eigenvalue weighted by Crippen LogP contribution is -2.46. The number of aryl methyl sites for hydroxylation is 1. The van der Waals surface area contributed by atoms with Gasteiger partial charge >= 0.3 is 0 Å². The zero-order valence-corrected chi connectivity index (χ0v) is 22.0. The minimum absolute atomic E-state index is 0.0960. The van der Waals surface area contributed by atoms with Gasteiger partial charge in [-0.25, -0.2) is 14.4 Å². The van der Waals surface area contributed by atoms with E-state index < -0.39 is 5.82 Å². The van der Waals surface area contributed by atoms with Crippen molar-refractivity contribution in [2.24, 2.45) is 5.41 Å². The van der Waals surface area contributed by atoms with Crippen LogP contribution in [0.15, 0.2) is 18.5 Å². The molecule has 1 aliphatic carbocycles. The van der Waals surface area contributed by atoms with E-state index in [1.54, 1.807) is 23.4 Å². The fourth-order valence-electron chi connectivity index (χ4n) is 5.74. The number of halogens is 2. The molecule has 5 rings (SSSR count). The van der Waals surface area contributed by atoms with Crippen LogP contribution < -0.4 is 10.5 Å². The predicted molar refractivity (Wildman–Crippen MR) is 138 cm³/mol. The SMILES string of the molecule is Cc1nc([C@@H](C)c2cc(Cl)c(F)c(C(=O)N3CCC4(CCC4)CC3)c2OC(C)C)n2ccnc(N)c12. The molecule has 1 atom stereocenters. The third-order valence-corrected chi connectivity index (χ3v) is 8.21. The number of piperidine rings is 1. The predicted octanol–water partition coefficient (Wildman–Crippen LogP) is 5.76. The van der Waals surface area contributed by atoms with Gasteiger partial charge in [0.25, 0.3) is 5.91 Å². The van der Waals surface area contributed by atoms with Crippen molar-refractivity contribution in [2.75, 3.05) is 18.8 Å². The van der Waals surface area contributed by atoms with Crippen molar-refractivity contribution < 1.29 is 13.9 Å². The van der Waals surface area contributed by atoms with E-state index in [-0.39, 0.29) is 34.3 Å². The minimum Gasteiger partial charge on any atom is -0.490 e. The molecule has 2 aliphatic rings. The van der Waals surface area contributed by atoms with Crippen molar-refractivity contribution in [2.45, 2.75) is 71.8 Å². The van der Waals surface area contributed by atoms with E-state index in [0.717, 1.165) is 18.5 Å². The van der Waals surface area contributed by atoms with Crippen LogP contribution in [0.2, 0.25) is 5.02 Å². The number of ether oxygens (including phenoxy) is 1. The Balaban J connectivity index is 1.59. The Morgan fingerprint density at radius 3 is 2.53 bits per heavy atom. The molecular weight excluding hydrogens is 481 g/mol. The van der Waals surface area contributed by atoms with Gasteiger partial charge in [-0.15, -0.1) is 0 Å². The molecule has 2 fully saturated rings. The molecule has 3 heterocycles. The van der Waals surface area contributed by atoms with E-state index in [1.165, 1.54) is 19.3 Å². The second-order valence-corrected chi connectivity index (χ2v) is 11.0. The maximum absolute atomic E-state index is 15.6. The van der Waals surface area contributed by atoms with Gasteiger partial charge in [0.2, 0.25) is 0 Å². The normalized spacial score (nSPS) is 18.0. The smallest absolute Gasteiger partial charge is 0.260 e. The number of carbonyl (C=O) groups excluding carboxylic acids is 1. The number of amides is 1. The van der Waals surface area contributed by atoms with Crippen molar-refractivity contribution in [3.8, 4) is 5.75 Å². The number of rotatable bonds is 5. The Morgan fingerprint density at radius 2 is 1.92 bits per heavy atom. The summed E-state index contributed by atoms with van der Waals surface area (Å²) in [6.07, 6.45) is 8.75. The average molecular weight is 514 g/mol. The number of fused-ring (bicyclic) bond motifs is 1. The summed E-state index contributed by atoms with van der Waals surface area (Å²) >= 11 is 6.41. The maximum atomic E-state index is 15.6. The standard InChI is InChI=1S/C27H33ClFN5O2/c1-15(2)36-23-18(16(3)25-32-17(4)22-24(30)31-10-13-34(22)25)14-19(28)21(29)20(23)26(35)33-11-8-27(9-12-33)6-5-7-27/h10,13-16H,5-9,11-12H2,1-4H3,(H2,30,31)/t16-/m0/s1. The summed E-state index contributed by atoms with van der Waals surface area (Å²) in [5, 5.41) is -0.109. The molecule has 0 bridgehead atoms. The van der Waals surface area contributed by atoms with Crippen LogP contribution >= 0.6 is 11.6 Å². The summed E-state index contributed by atoms with van der Waals surface area (Å²) in [6.45, 7) is 8.76. The van der Waals surface area contributed by atoms with Crippen LogP contribution in [0.3, 0.4) is 0 Å². The molecule has 0 radical (unpaired) electrons. The van der Waals surface area contributed by atoms with Crippen LogP contribution in [-0.4, -0.2) is 44.4 Å². The molecule has 192 valence electrons. The van der Waals surface area contributed by atoms with Crippen molar-refractivity contribution in [1.29, 1.82) is 0 Å². The molecule has 1 saturated carbocycles. The maximum Gasteiger partial charge on any atom is 0.260 e. The number of hydrogen-bond donors (Lipinski definition) is 1. The molecule has 2 aromatic heterocycles. The molecule has 9 heteroatoms. The van der Waals surface area contributed by atoms with Crippen molar-refractivity contribution in [3.05, 3.63) is 51.9 Å². The second kappa shape index (κ2) is 9.21. The van der Waals surface area contributed by atoms with Crippen molar-refractivity contribution in [1.82, 2.24) is 19.3 Å². The third-order valence-electron chi connectivity index (χ3n) is 7.93. The highest BCUT2D eigenvalue weighted by atomic mass is 35.5. The van der Waals surface area contributed by atoms with Gasteiger partial charge in [0, 0.05) is 37.0 Å². The molecule has 7 nitrogen and oxygen atoms in total. The van der Waals surface area contributed by atoms with Crippen LogP contribution in [-0.2, 0) is 0 Å². The molecule has 1 aliphatic heterocycles. The molecule has 3 aromatic rings. The number of nitrogens with two attached hydrogens (primary N) is 1. The number of aromatic nitrogens is 3. The van der Waals surface area contributed by atoms with Crippen LogP contribution in [0.1, 0.15) is 86.2 Å². The number of anilines is 1. The first-order valence-corrected chi connectivity index (χ1v) is 13.1. The highest BCUT2D eigenvalue weighted by Crippen LogP contribution is 2.49. The highest BCUT2D eigenvalue weighted by molar-refractivity contribution is 6.31. The van der Waals surface area contributed by atoms with Gasteiger partial charge in [-0.05, 0) is 57.9 Å². The van der Waals surface area contributed by atoms with Gasteiger partial charge < -0.3 is 15.4 Å². The number of hydrogen-bond acceptors (Lipinski definition) is 5. The van der Waals surface area contributed by atoms with E-state index in [2.05, 4.69) is 4.98 Å². The fraction of sp³-hybridized carbons (Fsp3) is 0.519. The zero-order chi connectivity index (χ0) is 25.8. The van der Waals surface area contributed by atoms with E-state index in [1.807, 2.05) is 32.1 Å². The lowest BCUT2D eigenvalue weighted by Gasteiger charge is -2.48. The summed E-state index contributed by atoms with van der Waals surface area (Å²) in [4.78, 5) is 24.4. The number of benzene rings is 1. The lowest BCUT2D eigenvalue weighted by atomic mass is 9.63. The summed E-state index contributed by atoms with van der Waals surface area (Å²) in [6, 6.07) is 1.55. The number of nitrogen functional groups attached to an aromatic ring is 1. The van der Waals surface area contributed by atoms with Gasteiger partial charge in [-0.2, -0.15) is 0 Å². The number of nitrogens with zero attached hydrogens (tertiary/aromatic N) is 4. The van der Waals surface area contributed by atoms with Gasteiger partial charge in [-0.3, -0.25) is 9.20 Å². The summed E-state index contributed by atoms with van der Waals surface area (Å²) in [5.41, 5.74) is 8.44. The molecule has 1 aromatic carbocycles. The van der Waals surface area contributed by atoms with Crippen LogP contribution in [0, 0.1) is 18.2 Å². The molecule has 36 heavy (non-hydrogen) atoms. The zero-order valence-electron chi connectivity index (χ0n) is 21.3. The first-order chi connectivity index (χ1) is 17.1. The quantitative estimate of drug-likeness (QED) is 0.469. The average Bonchev–Trinajstić information content (AvgIpc) is 3.17. The first-order valence-electron chi connectivity index (χ1n) is 12.7. The van der Waals surface area contributed by atoms with E-state index in [0.29, 0.717) is 41.2 Å². The Morgan fingerprint density at radius 1 is 1.22 bits per heavy atom. The Bertz CT molecular complexity index is 1320. The minimum atomic E-state index is -0.741. The third kappa shape index (κ3) is 4.09. The molecular formula is C27H33ClFN5O2. The van der Waals surface area contributed by atoms with Gasteiger partial charge in [-0.1, -0.05) is 24.9 Å². The lowest BCUT2D eigenvalue weighted by molar-refractivity contribution is 0.0281. The first kappa shape index (κ1) is 24.8. The Hall–Kier alpha value is -2.87. The highest BCUT2D eigenvalue weighted by Gasteiger charge is 2.41. The molecule has 2 N–H and O–H groups in total. The van der Waals surface area contributed by atoms with Crippen molar-refractivity contribution in [3.63, 3.8) is 0 Å². The topological polar surface area (TPSA) is 85.8 Å². The summed E-state index contributed by atoms with van der Waals surface area (Å²) in [7, 11) is 0. The molecule has 1 saturated heterocycles. The largest absolute Gasteiger partial charge is 0.490 e. The molecule has 1 amide bonds. The van der Waals surface area contributed by atoms with Gasteiger partial charge in [0.05, 0.1) is 16.8 Å². The number of imidazole rings is 1. The van der Waals surface area contributed by atoms with E-state index >= 15 is 4.39 Å². The van der Waals surface area contributed by atoms with Crippen LogP contribution in [0.4, 0.5) is 10.2 Å². The summed E-state index contributed by atoms with van der Waals surface area (Å²) in [5.74, 6) is -0.199. The van der Waals surface area contributed by atoms with E-state index in [9.17, 15) is 4.79 Å². The summed E-state index contributed by atoms with van der Waals surface area (Å²) < 4.78 is 23.6. The number of likely N-dealkylation sites (tertiary alicyclic amines) is 1. The van der Waals surface area contributed by atoms with E-state index in [4.69, 9.17) is 27.1 Å². The second-order valence-electron chi connectivity index (χ2n) is 10.6. The number of carbonyl (C=O) groups is 1.